The number of amides is 3. The van der Waals surface area contributed by atoms with E-state index in [9.17, 15) is 24.3 Å². The molecule has 1 heterocycles. The number of anilines is 2. The Morgan fingerprint density at radius 2 is 1.43 bits per heavy atom. The first-order valence-electron chi connectivity index (χ1n) is 13.7. The molecule has 200 valence electrons. The number of nitrogens with zero attached hydrogens (tertiary/aromatic N) is 2. The number of hydrogen-bond acceptors (Lipinski definition) is 6. The van der Waals surface area contributed by atoms with Gasteiger partial charge in [0.1, 0.15) is 6.04 Å². The lowest BCUT2D eigenvalue weighted by atomic mass is 9.85. The number of aliphatic hydroxyl groups is 1. The first-order valence-corrected chi connectivity index (χ1v) is 13.7. The number of aliphatic hydroxyl groups excluding tert-OH is 1. The van der Waals surface area contributed by atoms with Gasteiger partial charge in [-0.25, -0.2) is 0 Å². The molecule has 2 atom stereocenters. The smallest absolute Gasteiger partial charge is 0.264 e. The average Bonchev–Trinajstić information content (AvgIpc) is 3.82. The van der Waals surface area contributed by atoms with Crippen molar-refractivity contribution < 1.29 is 24.3 Å². The molecule has 3 fully saturated rings. The van der Waals surface area contributed by atoms with Crippen LogP contribution in [0.4, 0.5) is 11.4 Å². The van der Waals surface area contributed by atoms with Crippen LogP contribution in [-0.2, 0) is 19.2 Å². The Labute approximate surface area is 217 Å². The van der Waals surface area contributed by atoms with Gasteiger partial charge in [0, 0.05) is 19.5 Å². The summed E-state index contributed by atoms with van der Waals surface area (Å²) in [6.45, 7) is 2.09. The zero-order valence-corrected chi connectivity index (χ0v) is 21.5. The number of rotatable bonds is 10. The van der Waals surface area contributed by atoms with E-state index in [1.54, 1.807) is 24.3 Å². The molecule has 0 bridgehead atoms. The lowest BCUT2D eigenvalue weighted by Crippen LogP contribution is -2.72. The predicted octanol–water partition coefficient (Wildman–Crippen LogP) is 1.90. The maximum atomic E-state index is 14.1. The Morgan fingerprint density at radius 1 is 0.946 bits per heavy atom. The molecule has 0 aromatic heterocycles. The Hall–Kier alpha value is -2.78. The first kappa shape index (κ1) is 25.9. The molecule has 1 aromatic carbocycles. The SMILES string of the molecule is C[C@@H](O)[C@H](NC(=O)CC1CCCC1)C(=O)C1(N)C(=O)N(CC2CC2)c2ccccc2N(CC2CC2)C1=O. The highest BCUT2D eigenvalue weighted by molar-refractivity contribution is 6.37. The number of carbonyl (C=O) groups excluding carboxylic acids is 4. The zero-order valence-electron chi connectivity index (χ0n) is 21.5. The van der Waals surface area contributed by atoms with Gasteiger partial charge in [-0.3, -0.25) is 19.2 Å². The monoisotopic (exact) mass is 510 g/mol. The molecule has 0 radical (unpaired) electrons. The fourth-order valence-corrected chi connectivity index (χ4v) is 5.71. The van der Waals surface area contributed by atoms with Crippen molar-refractivity contribution in [3.05, 3.63) is 24.3 Å². The van der Waals surface area contributed by atoms with Gasteiger partial charge >= 0.3 is 0 Å². The highest BCUT2D eigenvalue weighted by Crippen LogP contribution is 2.41. The van der Waals surface area contributed by atoms with Crippen LogP contribution in [0.25, 0.3) is 0 Å². The summed E-state index contributed by atoms with van der Waals surface area (Å²) < 4.78 is 0. The minimum absolute atomic E-state index is 0.232. The summed E-state index contributed by atoms with van der Waals surface area (Å²) in [5.41, 5.74) is 5.19. The summed E-state index contributed by atoms with van der Waals surface area (Å²) >= 11 is 0. The number of nitrogens with two attached hydrogens (primary N) is 1. The van der Waals surface area contributed by atoms with E-state index in [0.29, 0.717) is 24.5 Å². The number of nitrogens with one attached hydrogen (secondary N) is 1. The molecule has 0 unspecified atom stereocenters. The number of ketones is 1. The molecule has 1 aliphatic heterocycles. The zero-order chi connectivity index (χ0) is 26.3. The largest absolute Gasteiger partial charge is 0.391 e. The standard InChI is InChI=1S/C28H38N4O5/c1-17(33)24(30-23(34)14-18-6-2-3-7-18)25(35)28(29)26(36)31(15-19-10-11-19)21-8-4-5-9-22(21)32(27(28)37)16-20-12-13-20/h4-5,8-9,17-20,24,33H,2-3,6-7,10-16,29H2,1H3,(H,30,34)/t17-,24+/m1/s1. The molecular weight excluding hydrogens is 472 g/mol. The maximum Gasteiger partial charge on any atom is 0.264 e. The molecule has 4 aliphatic rings. The number of carbonyl (C=O) groups is 4. The lowest BCUT2D eigenvalue weighted by Gasteiger charge is -2.34. The molecule has 9 heteroatoms. The third-order valence-corrected chi connectivity index (χ3v) is 8.32. The number of hydrogen-bond donors (Lipinski definition) is 3. The van der Waals surface area contributed by atoms with Crippen LogP contribution in [-0.4, -0.2) is 59.4 Å². The minimum Gasteiger partial charge on any atom is -0.391 e. The van der Waals surface area contributed by atoms with Crippen LogP contribution in [0.3, 0.4) is 0 Å². The van der Waals surface area contributed by atoms with Gasteiger partial charge in [0.25, 0.3) is 11.8 Å². The van der Waals surface area contributed by atoms with E-state index in [1.165, 1.54) is 16.7 Å². The van der Waals surface area contributed by atoms with Gasteiger partial charge in [-0.2, -0.15) is 0 Å². The number of benzene rings is 1. The summed E-state index contributed by atoms with van der Waals surface area (Å²) in [4.78, 5) is 58.1. The molecule has 4 N–H and O–H groups in total. The van der Waals surface area contributed by atoms with Gasteiger partial charge in [-0.15, -0.1) is 0 Å². The fourth-order valence-electron chi connectivity index (χ4n) is 5.71. The Bertz CT molecular complexity index is 1020. The molecule has 3 amide bonds. The Morgan fingerprint density at radius 3 is 1.86 bits per heavy atom. The third kappa shape index (κ3) is 5.16. The Balaban J connectivity index is 1.50. The van der Waals surface area contributed by atoms with Gasteiger partial charge in [-0.1, -0.05) is 25.0 Å². The minimum atomic E-state index is -2.56. The maximum absolute atomic E-state index is 14.1. The molecule has 37 heavy (non-hydrogen) atoms. The van der Waals surface area contributed by atoms with Crippen molar-refractivity contribution in [1.82, 2.24) is 5.32 Å². The molecular formula is C28H38N4O5. The van der Waals surface area contributed by atoms with Crippen molar-refractivity contribution in [2.24, 2.45) is 23.5 Å². The summed E-state index contributed by atoms with van der Waals surface area (Å²) in [6.07, 6.45) is 6.79. The highest BCUT2D eigenvalue weighted by Gasteiger charge is 2.59. The van der Waals surface area contributed by atoms with Crippen LogP contribution in [0.5, 0.6) is 0 Å². The quantitative estimate of drug-likeness (QED) is 0.412. The van der Waals surface area contributed by atoms with E-state index in [0.717, 1.165) is 51.4 Å². The molecule has 0 saturated heterocycles. The van der Waals surface area contributed by atoms with Crippen molar-refractivity contribution in [2.45, 2.75) is 82.4 Å². The molecule has 3 aliphatic carbocycles. The van der Waals surface area contributed by atoms with E-state index < -0.39 is 35.3 Å². The van der Waals surface area contributed by atoms with Gasteiger partial charge in [0.05, 0.1) is 17.5 Å². The number of fused-ring (bicyclic) bond motifs is 1. The van der Waals surface area contributed by atoms with Crippen LogP contribution in [0, 0.1) is 17.8 Å². The summed E-state index contributed by atoms with van der Waals surface area (Å²) in [7, 11) is 0. The van der Waals surface area contributed by atoms with Gasteiger partial charge in [0.2, 0.25) is 11.4 Å². The van der Waals surface area contributed by atoms with Crippen molar-refractivity contribution in [1.29, 1.82) is 0 Å². The second-order valence-corrected chi connectivity index (χ2v) is 11.5. The highest BCUT2D eigenvalue weighted by atomic mass is 16.3. The van der Waals surface area contributed by atoms with Gasteiger partial charge in [0.15, 0.2) is 5.78 Å². The normalized spacial score (nSPS) is 23.4. The predicted molar refractivity (Wildman–Crippen MR) is 139 cm³/mol. The molecule has 3 saturated carbocycles. The lowest BCUT2D eigenvalue weighted by molar-refractivity contribution is -0.145. The fraction of sp³-hybridized carbons (Fsp3) is 0.643. The molecule has 9 nitrogen and oxygen atoms in total. The Kier molecular flexibility index (Phi) is 7.11. The first-order chi connectivity index (χ1) is 17.7. The van der Waals surface area contributed by atoms with Crippen molar-refractivity contribution in [3.8, 4) is 0 Å². The molecule has 0 spiro atoms. The van der Waals surface area contributed by atoms with Crippen molar-refractivity contribution in [3.63, 3.8) is 0 Å². The van der Waals surface area contributed by atoms with E-state index in [1.807, 2.05) is 0 Å². The van der Waals surface area contributed by atoms with Crippen LogP contribution in [0.2, 0.25) is 0 Å². The average molecular weight is 511 g/mol. The van der Waals surface area contributed by atoms with E-state index in [4.69, 9.17) is 5.73 Å². The van der Waals surface area contributed by atoms with E-state index in [2.05, 4.69) is 5.32 Å². The second kappa shape index (κ2) is 10.2. The van der Waals surface area contributed by atoms with E-state index >= 15 is 0 Å². The van der Waals surface area contributed by atoms with E-state index in [-0.39, 0.29) is 30.1 Å². The van der Waals surface area contributed by atoms with Crippen LogP contribution >= 0.6 is 0 Å². The van der Waals surface area contributed by atoms with Crippen molar-refractivity contribution in [2.75, 3.05) is 22.9 Å². The third-order valence-electron chi connectivity index (χ3n) is 8.32. The number of Topliss-reactive ketones (excluding diaryl/α,β-unsaturated/α-hetero) is 1. The molecule has 5 rings (SSSR count). The summed E-state index contributed by atoms with van der Waals surface area (Å²) in [6, 6.07) is 5.71. The number of para-hydroxylation sites is 2. The van der Waals surface area contributed by atoms with Crippen LogP contribution < -0.4 is 20.9 Å². The van der Waals surface area contributed by atoms with Crippen LogP contribution in [0.15, 0.2) is 24.3 Å². The summed E-state index contributed by atoms with van der Waals surface area (Å²) in [5, 5.41) is 13.2. The summed E-state index contributed by atoms with van der Waals surface area (Å²) in [5.74, 6) is -2.15. The van der Waals surface area contributed by atoms with Gasteiger partial charge in [-0.05, 0) is 75.3 Å². The van der Waals surface area contributed by atoms with Gasteiger partial charge < -0.3 is 26.0 Å². The van der Waals surface area contributed by atoms with Crippen LogP contribution in [0.1, 0.15) is 64.7 Å². The van der Waals surface area contributed by atoms with Crippen molar-refractivity contribution >= 4 is 34.9 Å². The topological polar surface area (TPSA) is 133 Å². The molecule has 1 aromatic rings. The second-order valence-electron chi connectivity index (χ2n) is 11.5.